The number of hydrogen-bond acceptors (Lipinski definition) is 6. The standard InChI is InChI=1S/C19H13N3O3S2/c23-18(16-10-11-17(26-16)22(24)25)21(12-13-6-2-1-3-7-13)19-20-14-8-4-5-9-15(14)27-19/h1-11H,12H2. The first-order valence-corrected chi connectivity index (χ1v) is 9.71. The molecule has 0 aliphatic rings. The second kappa shape index (κ2) is 7.26. The van der Waals surface area contributed by atoms with E-state index in [2.05, 4.69) is 4.98 Å². The second-order valence-corrected chi connectivity index (χ2v) is 7.81. The van der Waals surface area contributed by atoms with Gasteiger partial charge >= 0.3 is 5.00 Å². The number of amides is 1. The van der Waals surface area contributed by atoms with E-state index in [1.54, 1.807) is 4.90 Å². The summed E-state index contributed by atoms with van der Waals surface area (Å²) in [5, 5.41) is 11.5. The van der Waals surface area contributed by atoms with Crippen molar-refractivity contribution in [2.24, 2.45) is 0 Å². The van der Waals surface area contributed by atoms with Gasteiger partial charge < -0.3 is 0 Å². The fourth-order valence-electron chi connectivity index (χ4n) is 2.64. The summed E-state index contributed by atoms with van der Waals surface area (Å²) in [4.78, 5) is 30.1. The van der Waals surface area contributed by atoms with Crippen LogP contribution in [-0.2, 0) is 6.54 Å². The normalized spacial score (nSPS) is 10.8. The van der Waals surface area contributed by atoms with Gasteiger partial charge in [-0.15, -0.1) is 0 Å². The number of thiazole rings is 1. The maximum atomic E-state index is 13.1. The van der Waals surface area contributed by atoms with Crippen molar-refractivity contribution >= 4 is 48.9 Å². The van der Waals surface area contributed by atoms with Crippen LogP contribution in [-0.4, -0.2) is 15.8 Å². The van der Waals surface area contributed by atoms with Gasteiger partial charge in [0, 0.05) is 6.07 Å². The van der Waals surface area contributed by atoms with E-state index in [1.165, 1.54) is 23.5 Å². The van der Waals surface area contributed by atoms with Crippen molar-refractivity contribution in [3.05, 3.63) is 87.3 Å². The molecular weight excluding hydrogens is 382 g/mol. The van der Waals surface area contributed by atoms with E-state index in [9.17, 15) is 14.9 Å². The molecule has 0 N–H and O–H groups in total. The third-order valence-electron chi connectivity index (χ3n) is 3.92. The Bertz CT molecular complexity index is 1090. The van der Waals surface area contributed by atoms with Gasteiger partial charge in [-0.1, -0.05) is 65.1 Å². The summed E-state index contributed by atoms with van der Waals surface area (Å²) >= 11 is 2.30. The molecule has 27 heavy (non-hydrogen) atoms. The van der Waals surface area contributed by atoms with Crippen LogP contribution in [0.2, 0.25) is 0 Å². The number of carbonyl (C=O) groups excluding carboxylic acids is 1. The van der Waals surface area contributed by atoms with Crippen LogP contribution in [0.1, 0.15) is 15.2 Å². The Hall–Kier alpha value is -3.10. The summed E-state index contributed by atoms with van der Waals surface area (Å²) in [6.07, 6.45) is 0. The lowest BCUT2D eigenvalue weighted by atomic mass is 10.2. The SMILES string of the molecule is O=C(c1ccc([N+](=O)[O-])s1)N(Cc1ccccc1)c1nc2ccccc2s1. The maximum Gasteiger partial charge on any atom is 0.324 e. The van der Waals surface area contributed by atoms with Gasteiger partial charge in [-0.25, -0.2) is 4.98 Å². The molecule has 4 rings (SSSR count). The highest BCUT2D eigenvalue weighted by molar-refractivity contribution is 7.22. The van der Waals surface area contributed by atoms with Gasteiger partial charge in [0.15, 0.2) is 5.13 Å². The van der Waals surface area contributed by atoms with E-state index >= 15 is 0 Å². The van der Waals surface area contributed by atoms with Crippen molar-refractivity contribution < 1.29 is 9.72 Å². The van der Waals surface area contributed by atoms with Crippen LogP contribution < -0.4 is 4.90 Å². The largest absolute Gasteiger partial charge is 0.324 e. The number of rotatable bonds is 5. The Morgan fingerprint density at radius 1 is 1.00 bits per heavy atom. The average molecular weight is 395 g/mol. The van der Waals surface area contributed by atoms with Crippen LogP contribution >= 0.6 is 22.7 Å². The zero-order valence-electron chi connectivity index (χ0n) is 13.9. The Morgan fingerprint density at radius 3 is 2.44 bits per heavy atom. The monoisotopic (exact) mass is 395 g/mol. The number of thiophene rings is 1. The van der Waals surface area contributed by atoms with Gasteiger partial charge in [0.2, 0.25) is 0 Å². The van der Waals surface area contributed by atoms with Gasteiger partial charge in [-0.05, 0) is 23.8 Å². The molecule has 0 radical (unpaired) electrons. The van der Waals surface area contributed by atoms with Gasteiger partial charge in [-0.3, -0.25) is 19.8 Å². The van der Waals surface area contributed by atoms with Crippen LogP contribution in [0, 0.1) is 10.1 Å². The lowest BCUT2D eigenvalue weighted by Crippen LogP contribution is -2.29. The van der Waals surface area contributed by atoms with Gasteiger partial charge in [0.1, 0.15) is 0 Å². The highest BCUT2D eigenvalue weighted by Gasteiger charge is 2.24. The Labute approximate surface area is 162 Å². The maximum absolute atomic E-state index is 13.1. The van der Waals surface area contributed by atoms with Gasteiger partial charge in [-0.2, -0.15) is 0 Å². The molecule has 6 nitrogen and oxygen atoms in total. The first-order chi connectivity index (χ1) is 13.1. The van der Waals surface area contributed by atoms with Crippen molar-refractivity contribution in [2.45, 2.75) is 6.54 Å². The molecule has 8 heteroatoms. The van der Waals surface area contributed by atoms with Gasteiger partial charge in [0.05, 0.1) is 26.6 Å². The molecule has 0 unspecified atom stereocenters. The summed E-state index contributed by atoms with van der Waals surface area (Å²) < 4.78 is 0.982. The molecule has 134 valence electrons. The lowest BCUT2D eigenvalue weighted by Gasteiger charge is -2.19. The first-order valence-electron chi connectivity index (χ1n) is 8.07. The molecule has 2 heterocycles. The highest BCUT2D eigenvalue weighted by Crippen LogP contribution is 2.32. The quantitative estimate of drug-likeness (QED) is 0.347. The molecule has 2 aromatic carbocycles. The number of aromatic nitrogens is 1. The fraction of sp³-hybridized carbons (Fsp3) is 0.0526. The summed E-state index contributed by atoms with van der Waals surface area (Å²) in [7, 11) is 0. The molecule has 0 aliphatic carbocycles. The predicted molar refractivity (Wildman–Crippen MR) is 108 cm³/mol. The number of hydrogen-bond donors (Lipinski definition) is 0. The lowest BCUT2D eigenvalue weighted by molar-refractivity contribution is -0.380. The third-order valence-corrected chi connectivity index (χ3v) is 6.01. The minimum atomic E-state index is -0.485. The topological polar surface area (TPSA) is 76.3 Å². The van der Waals surface area contributed by atoms with E-state index < -0.39 is 4.92 Å². The zero-order chi connectivity index (χ0) is 18.8. The minimum Gasteiger partial charge on any atom is -0.279 e. The van der Waals surface area contributed by atoms with E-state index in [4.69, 9.17) is 0 Å². The van der Waals surface area contributed by atoms with E-state index in [0.717, 1.165) is 27.1 Å². The van der Waals surface area contributed by atoms with E-state index in [0.29, 0.717) is 16.6 Å². The van der Waals surface area contributed by atoms with Crippen molar-refractivity contribution in [1.82, 2.24) is 4.98 Å². The molecule has 0 bridgehead atoms. The molecule has 0 aliphatic heterocycles. The Balaban J connectivity index is 1.74. The molecular formula is C19H13N3O3S2. The Kier molecular flexibility index (Phi) is 4.66. The van der Waals surface area contributed by atoms with Crippen LogP contribution in [0.3, 0.4) is 0 Å². The molecule has 4 aromatic rings. The number of benzene rings is 2. The summed E-state index contributed by atoms with van der Waals surface area (Å²) in [5.41, 5.74) is 1.77. The number of para-hydroxylation sites is 1. The predicted octanol–water partition coefficient (Wildman–Crippen LogP) is 5.11. The number of anilines is 1. The van der Waals surface area contributed by atoms with Crippen molar-refractivity contribution in [1.29, 1.82) is 0 Å². The zero-order valence-corrected chi connectivity index (χ0v) is 15.6. The molecule has 0 fully saturated rings. The smallest absolute Gasteiger partial charge is 0.279 e. The van der Waals surface area contributed by atoms with Crippen molar-refractivity contribution in [2.75, 3.05) is 4.90 Å². The fourth-order valence-corrected chi connectivity index (χ4v) is 4.37. The van der Waals surface area contributed by atoms with Crippen LogP contribution in [0.5, 0.6) is 0 Å². The van der Waals surface area contributed by atoms with Crippen LogP contribution in [0.4, 0.5) is 10.1 Å². The molecule has 2 aromatic heterocycles. The number of carbonyl (C=O) groups is 1. The molecule has 0 atom stereocenters. The van der Waals surface area contributed by atoms with Crippen LogP contribution in [0.15, 0.2) is 66.7 Å². The first kappa shape index (κ1) is 17.3. The highest BCUT2D eigenvalue weighted by atomic mass is 32.1. The average Bonchev–Trinajstić information content (AvgIpc) is 3.33. The van der Waals surface area contributed by atoms with E-state index in [-0.39, 0.29) is 10.9 Å². The summed E-state index contributed by atoms with van der Waals surface area (Å²) in [5.74, 6) is -0.295. The third kappa shape index (κ3) is 3.57. The van der Waals surface area contributed by atoms with Crippen LogP contribution in [0.25, 0.3) is 10.2 Å². The molecule has 0 saturated carbocycles. The summed E-state index contributed by atoms with van der Waals surface area (Å²) in [6, 6.07) is 20.1. The second-order valence-electron chi connectivity index (χ2n) is 5.74. The van der Waals surface area contributed by atoms with E-state index in [1.807, 2.05) is 54.6 Å². The van der Waals surface area contributed by atoms with Crippen molar-refractivity contribution in [3.63, 3.8) is 0 Å². The Morgan fingerprint density at radius 2 is 1.74 bits per heavy atom. The molecule has 0 saturated heterocycles. The van der Waals surface area contributed by atoms with Crippen molar-refractivity contribution in [3.8, 4) is 0 Å². The summed E-state index contributed by atoms with van der Waals surface area (Å²) in [6.45, 7) is 0.338. The van der Waals surface area contributed by atoms with Gasteiger partial charge in [0.25, 0.3) is 5.91 Å². The molecule has 1 amide bonds. The molecule has 0 spiro atoms. The number of fused-ring (bicyclic) bond motifs is 1. The number of nitro groups is 1. The number of nitrogens with zero attached hydrogens (tertiary/aromatic N) is 3. The minimum absolute atomic E-state index is 0.0534.